The van der Waals surface area contributed by atoms with Gasteiger partial charge < -0.3 is 9.47 Å². The molecule has 7 heteroatoms. The smallest absolute Gasteiger partial charge is 0.233 e. The molecule has 5 nitrogen and oxygen atoms in total. The molecule has 128 valence electrons. The molecular formula is C17H21BrN4OS. The number of hydrogen-bond acceptors (Lipinski definition) is 4. The predicted octanol–water partition coefficient (Wildman–Crippen LogP) is 3.69. The first-order valence-electron chi connectivity index (χ1n) is 8.13. The molecule has 0 spiro atoms. The van der Waals surface area contributed by atoms with E-state index in [0.29, 0.717) is 18.2 Å². The summed E-state index contributed by atoms with van der Waals surface area (Å²) < 4.78 is 3.17. The molecule has 0 aliphatic heterocycles. The van der Waals surface area contributed by atoms with Gasteiger partial charge in [-0.3, -0.25) is 4.79 Å². The first-order chi connectivity index (χ1) is 11.6. The van der Waals surface area contributed by atoms with Gasteiger partial charge in [-0.25, -0.2) is 0 Å². The highest BCUT2D eigenvalue weighted by Gasteiger charge is 2.30. The van der Waals surface area contributed by atoms with Crippen LogP contribution < -0.4 is 0 Å². The maximum atomic E-state index is 12.4. The van der Waals surface area contributed by atoms with Crippen LogP contribution in [0.5, 0.6) is 0 Å². The van der Waals surface area contributed by atoms with Gasteiger partial charge in [0.15, 0.2) is 5.16 Å². The lowest BCUT2D eigenvalue weighted by atomic mass is 10.2. The zero-order valence-corrected chi connectivity index (χ0v) is 16.3. The van der Waals surface area contributed by atoms with Crippen molar-refractivity contribution in [2.45, 2.75) is 43.9 Å². The summed E-state index contributed by atoms with van der Waals surface area (Å²) in [4.78, 5) is 14.2. The van der Waals surface area contributed by atoms with Gasteiger partial charge in [-0.15, -0.1) is 10.2 Å². The van der Waals surface area contributed by atoms with Crippen LogP contribution in [0.4, 0.5) is 0 Å². The molecule has 3 rings (SSSR count). The summed E-state index contributed by atoms with van der Waals surface area (Å²) in [6.45, 7) is 3.54. The maximum absolute atomic E-state index is 12.4. The number of hydrogen-bond donors (Lipinski definition) is 0. The van der Waals surface area contributed by atoms with Gasteiger partial charge in [0, 0.05) is 30.5 Å². The highest BCUT2D eigenvalue weighted by atomic mass is 79.9. The van der Waals surface area contributed by atoms with Gasteiger partial charge in [-0.2, -0.15) is 0 Å². The van der Waals surface area contributed by atoms with Crippen molar-refractivity contribution in [2.24, 2.45) is 0 Å². The molecule has 0 unspecified atom stereocenters. The van der Waals surface area contributed by atoms with E-state index >= 15 is 0 Å². The number of nitrogens with zero attached hydrogens (tertiary/aromatic N) is 4. The zero-order chi connectivity index (χ0) is 17.1. The van der Waals surface area contributed by atoms with Crippen LogP contribution in [-0.2, 0) is 17.9 Å². The average Bonchev–Trinajstić information content (AvgIpc) is 3.34. The van der Waals surface area contributed by atoms with Crippen LogP contribution in [0.3, 0.4) is 0 Å². The number of carbonyl (C=O) groups is 1. The summed E-state index contributed by atoms with van der Waals surface area (Å²) in [5.74, 6) is 2.12. The Morgan fingerprint density at radius 2 is 2.12 bits per heavy atom. The van der Waals surface area contributed by atoms with Gasteiger partial charge in [-0.05, 0) is 31.4 Å². The van der Waals surface area contributed by atoms with Crippen LogP contribution >= 0.6 is 27.7 Å². The Labute approximate surface area is 155 Å². The average molecular weight is 409 g/mol. The van der Waals surface area contributed by atoms with Crippen LogP contribution in [0.2, 0.25) is 0 Å². The molecule has 1 aliphatic carbocycles. The second-order valence-corrected chi connectivity index (χ2v) is 7.79. The van der Waals surface area contributed by atoms with Crippen molar-refractivity contribution in [1.82, 2.24) is 19.7 Å². The molecule has 1 aromatic carbocycles. The van der Waals surface area contributed by atoms with Crippen LogP contribution in [0, 0.1) is 0 Å². The van der Waals surface area contributed by atoms with E-state index in [1.165, 1.54) is 24.6 Å². The molecule has 1 aromatic heterocycles. The van der Waals surface area contributed by atoms with Crippen molar-refractivity contribution in [3.63, 3.8) is 0 Å². The molecule has 1 fully saturated rings. The first-order valence-corrected chi connectivity index (χ1v) is 9.91. The Morgan fingerprint density at radius 3 is 2.79 bits per heavy atom. The maximum Gasteiger partial charge on any atom is 0.233 e. The Kier molecular flexibility index (Phi) is 5.61. The highest BCUT2D eigenvalue weighted by molar-refractivity contribution is 9.10. The highest BCUT2D eigenvalue weighted by Crippen LogP contribution is 2.39. The van der Waals surface area contributed by atoms with Gasteiger partial charge in [0.1, 0.15) is 5.82 Å². The van der Waals surface area contributed by atoms with Crippen molar-refractivity contribution in [3.8, 4) is 0 Å². The lowest BCUT2D eigenvalue weighted by Gasteiger charge is -2.18. The summed E-state index contributed by atoms with van der Waals surface area (Å²) in [6.07, 6.45) is 2.41. The van der Waals surface area contributed by atoms with E-state index in [-0.39, 0.29) is 5.91 Å². The minimum absolute atomic E-state index is 0.0920. The molecule has 0 atom stereocenters. The molecule has 1 heterocycles. The summed E-state index contributed by atoms with van der Waals surface area (Å²) in [7, 11) is 1.84. The van der Waals surface area contributed by atoms with Crippen LogP contribution in [0.15, 0.2) is 33.9 Å². The zero-order valence-electron chi connectivity index (χ0n) is 13.9. The van der Waals surface area contributed by atoms with Gasteiger partial charge in [-0.1, -0.05) is 45.9 Å². The molecule has 0 radical (unpaired) electrons. The van der Waals surface area contributed by atoms with E-state index in [4.69, 9.17) is 0 Å². The van der Waals surface area contributed by atoms with E-state index in [0.717, 1.165) is 27.6 Å². The lowest BCUT2D eigenvalue weighted by molar-refractivity contribution is -0.127. The molecule has 0 saturated heterocycles. The fraction of sp³-hybridized carbons (Fsp3) is 0.471. The summed E-state index contributed by atoms with van der Waals surface area (Å²) in [5, 5.41) is 9.44. The fourth-order valence-electron chi connectivity index (χ4n) is 2.55. The van der Waals surface area contributed by atoms with Crippen molar-refractivity contribution in [2.75, 3.05) is 12.8 Å². The number of rotatable bonds is 7. The second-order valence-electron chi connectivity index (χ2n) is 5.99. The third-order valence-electron chi connectivity index (χ3n) is 4.12. The van der Waals surface area contributed by atoms with Gasteiger partial charge in [0.25, 0.3) is 0 Å². The monoisotopic (exact) mass is 408 g/mol. The first kappa shape index (κ1) is 17.5. The quantitative estimate of drug-likeness (QED) is 0.655. The van der Waals surface area contributed by atoms with Gasteiger partial charge >= 0.3 is 0 Å². The molecule has 1 aliphatic rings. The minimum atomic E-state index is 0.0920. The Bertz CT molecular complexity index is 729. The van der Waals surface area contributed by atoms with Gasteiger partial charge in [0.2, 0.25) is 5.91 Å². The Morgan fingerprint density at radius 1 is 1.38 bits per heavy atom. The molecular weight excluding hydrogens is 388 g/mol. The van der Waals surface area contributed by atoms with Crippen LogP contribution in [0.25, 0.3) is 0 Å². The second kappa shape index (κ2) is 7.70. The molecule has 0 bridgehead atoms. The van der Waals surface area contributed by atoms with Crippen LogP contribution in [0.1, 0.15) is 37.1 Å². The van der Waals surface area contributed by atoms with Crippen molar-refractivity contribution in [3.05, 3.63) is 40.1 Å². The van der Waals surface area contributed by atoms with Crippen molar-refractivity contribution >= 4 is 33.6 Å². The number of thioether (sulfide) groups is 1. The summed E-state index contributed by atoms with van der Waals surface area (Å²) >= 11 is 5.00. The number of halogens is 1. The SMILES string of the molecule is CCn1c(SCC(=O)N(C)Cc2ccccc2Br)nnc1C1CC1. The topological polar surface area (TPSA) is 51.0 Å². The van der Waals surface area contributed by atoms with Crippen LogP contribution in [-0.4, -0.2) is 38.4 Å². The standard InChI is InChI=1S/C17H21BrN4OS/c1-3-22-16(12-8-9-12)19-20-17(22)24-11-15(23)21(2)10-13-6-4-5-7-14(13)18/h4-7,12H,3,8-11H2,1-2H3. The molecule has 2 aromatic rings. The fourth-order valence-corrected chi connectivity index (χ4v) is 3.91. The van der Waals surface area contributed by atoms with E-state index in [1.807, 2.05) is 31.3 Å². The summed E-state index contributed by atoms with van der Waals surface area (Å²) in [5.41, 5.74) is 1.10. The number of aromatic nitrogens is 3. The predicted molar refractivity (Wildman–Crippen MR) is 99.0 cm³/mol. The Balaban J connectivity index is 1.58. The molecule has 0 N–H and O–H groups in total. The molecule has 1 amide bonds. The van der Waals surface area contributed by atoms with E-state index < -0.39 is 0 Å². The van der Waals surface area contributed by atoms with E-state index in [1.54, 1.807) is 4.90 Å². The molecule has 1 saturated carbocycles. The Hall–Kier alpha value is -1.34. The van der Waals surface area contributed by atoms with Gasteiger partial charge in [0.05, 0.1) is 5.75 Å². The van der Waals surface area contributed by atoms with Crippen molar-refractivity contribution < 1.29 is 4.79 Å². The largest absolute Gasteiger partial charge is 0.341 e. The number of amides is 1. The van der Waals surface area contributed by atoms with Crippen molar-refractivity contribution in [1.29, 1.82) is 0 Å². The third kappa shape index (κ3) is 4.00. The van der Waals surface area contributed by atoms with E-state index in [2.05, 4.69) is 37.6 Å². The number of carbonyl (C=O) groups excluding carboxylic acids is 1. The van der Waals surface area contributed by atoms with E-state index in [9.17, 15) is 4.79 Å². The summed E-state index contributed by atoms with van der Waals surface area (Å²) in [6, 6.07) is 7.97. The molecule has 24 heavy (non-hydrogen) atoms. The number of benzene rings is 1. The normalized spacial score (nSPS) is 14.0. The third-order valence-corrected chi connectivity index (χ3v) is 5.85. The minimum Gasteiger partial charge on any atom is -0.341 e. The lowest BCUT2D eigenvalue weighted by Crippen LogP contribution is -2.28.